The molecule has 0 aliphatic carbocycles. The number of piperidine rings is 1. The van der Waals surface area contributed by atoms with Crippen LogP contribution in [0.5, 0.6) is 0 Å². The van der Waals surface area contributed by atoms with Crippen molar-refractivity contribution in [1.29, 1.82) is 0 Å². The minimum absolute atomic E-state index is 0.149. The van der Waals surface area contributed by atoms with Gasteiger partial charge in [0.2, 0.25) is 0 Å². The summed E-state index contributed by atoms with van der Waals surface area (Å²) in [6.45, 7) is 4.98. The summed E-state index contributed by atoms with van der Waals surface area (Å²) in [6, 6.07) is 5.63. The first-order valence-corrected chi connectivity index (χ1v) is 10.8. The van der Waals surface area contributed by atoms with Gasteiger partial charge in [0, 0.05) is 55.1 Å². The van der Waals surface area contributed by atoms with Gasteiger partial charge in [0.05, 0.1) is 11.2 Å². The highest BCUT2D eigenvalue weighted by molar-refractivity contribution is 6.03. The number of pyridine rings is 1. The standard InChI is InChI=1S/C23H27FN6O/c1-13-8-15(9-14(2)26-13)17-4-6-25-22-18(17)5-7-30(22)23(31)27-21-10-16-12-29(3)28-20(16)11-19(21)24/h4,6,10-15,26H,5,7-9H2,1-3H3,(H,27,31)/t13-,14+,15?. The molecule has 2 aromatic heterocycles. The van der Waals surface area contributed by atoms with E-state index in [2.05, 4.69) is 40.6 Å². The Morgan fingerprint density at radius 1 is 1.26 bits per heavy atom. The number of fused-ring (bicyclic) bond motifs is 2. The van der Waals surface area contributed by atoms with Gasteiger partial charge in [0.1, 0.15) is 11.6 Å². The zero-order chi connectivity index (χ0) is 21.7. The van der Waals surface area contributed by atoms with E-state index in [1.165, 1.54) is 11.6 Å². The fourth-order valence-corrected chi connectivity index (χ4v) is 5.17. The first kappa shape index (κ1) is 19.9. The van der Waals surface area contributed by atoms with Crippen molar-refractivity contribution < 1.29 is 9.18 Å². The van der Waals surface area contributed by atoms with Gasteiger partial charge in [-0.05, 0) is 56.7 Å². The molecule has 2 N–H and O–H groups in total. The minimum Gasteiger partial charge on any atom is -0.312 e. The lowest BCUT2D eigenvalue weighted by Crippen LogP contribution is -2.41. The molecule has 0 radical (unpaired) electrons. The van der Waals surface area contributed by atoms with Crippen LogP contribution in [-0.2, 0) is 13.5 Å². The first-order chi connectivity index (χ1) is 14.9. The number of rotatable bonds is 2. The van der Waals surface area contributed by atoms with Crippen molar-refractivity contribution in [2.24, 2.45) is 7.05 Å². The Balaban J connectivity index is 1.40. The summed E-state index contributed by atoms with van der Waals surface area (Å²) in [4.78, 5) is 19.2. The maximum atomic E-state index is 14.5. The Labute approximate surface area is 180 Å². The van der Waals surface area contributed by atoms with Crippen molar-refractivity contribution in [1.82, 2.24) is 20.1 Å². The third-order valence-electron chi connectivity index (χ3n) is 6.39. The molecular weight excluding hydrogens is 395 g/mol. The molecule has 0 saturated carbocycles. The molecule has 1 saturated heterocycles. The molecule has 1 unspecified atom stereocenters. The lowest BCUT2D eigenvalue weighted by molar-refractivity contribution is 0.257. The van der Waals surface area contributed by atoms with Gasteiger partial charge in [0.15, 0.2) is 0 Å². The maximum Gasteiger partial charge on any atom is 0.327 e. The van der Waals surface area contributed by atoms with Crippen LogP contribution in [0.1, 0.15) is 43.7 Å². The molecule has 7 nitrogen and oxygen atoms in total. The van der Waals surface area contributed by atoms with E-state index in [9.17, 15) is 9.18 Å². The number of amides is 2. The average Bonchev–Trinajstić information content (AvgIpc) is 3.29. The summed E-state index contributed by atoms with van der Waals surface area (Å²) in [7, 11) is 1.78. The maximum absolute atomic E-state index is 14.5. The summed E-state index contributed by atoms with van der Waals surface area (Å²) >= 11 is 0. The molecule has 2 aliphatic heterocycles. The number of carbonyl (C=O) groups excluding carboxylic acids is 1. The molecule has 162 valence electrons. The van der Waals surface area contributed by atoms with Crippen LogP contribution in [0, 0.1) is 5.82 Å². The zero-order valence-electron chi connectivity index (χ0n) is 18.0. The van der Waals surface area contributed by atoms with E-state index < -0.39 is 5.82 Å². The van der Waals surface area contributed by atoms with Crippen LogP contribution >= 0.6 is 0 Å². The fraction of sp³-hybridized carbons (Fsp3) is 0.435. The topological polar surface area (TPSA) is 75.1 Å². The van der Waals surface area contributed by atoms with Gasteiger partial charge in [-0.15, -0.1) is 0 Å². The summed E-state index contributed by atoms with van der Waals surface area (Å²) in [5.41, 5.74) is 3.15. The predicted molar refractivity (Wildman–Crippen MR) is 119 cm³/mol. The molecular formula is C23H27FN6O. The van der Waals surface area contributed by atoms with Crippen LogP contribution in [0.4, 0.5) is 20.7 Å². The van der Waals surface area contributed by atoms with Crippen molar-refractivity contribution in [3.05, 3.63) is 47.5 Å². The Morgan fingerprint density at radius 2 is 2.03 bits per heavy atom. The molecule has 31 heavy (non-hydrogen) atoms. The van der Waals surface area contributed by atoms with Gasteiger partial charge >= 0.3 is 6.03 Å². The normalized spacial score (nSPS) is 23.2. The zero-order valence-corrected chi connectivity index (χ0v) is 18.0. The van der Waals surface area contributed by atoms with Crippen LogP contribution in [0.25, 0.3) is 10.9 Å². The van der Waals surface area contributed by atoms with E-state index in [0.29, 0.717) is 35.9 Å². The van der Waals surface area contributed by atoms with E-state index in [-0.39, 0.29) is 11.7 Å². The number of halogens is 1. The van der Waals surface area contributed by atoms with Gasteiger partial charge < -0.3 is 10.6 Å². The van der Waals surface area contributed by atoms with Crippen LogP contribution in [-0.4, -0.2) is 39.4 Å². The van der Waals surface area contributed by atoms with Crippen molar-refractivity contribution in [3.8, 4) is 0 Å². The molecule has 0 bridgehead atoms. The smallest absolute Gasteiger partial charge is 0.312 e. The second kappa shape index (κ2) is 7.60. The molecule has 3 atom stereocenters. The number of nitrogens with one attached hydrogen (secondary N) is 2. The second-order valence-electron chi connectivity index (χ2n) is 8.86. The van der Waals surface area contributed by atoms with E-state index in [4.69, 9.17) is 0 Å². The number of urea groups is 1. The number of nitrogens with zero attached hydrogens (tertiary/aromatic N) is 4. The van der Waals surface area contributed by atoms with E-state index in [1.807, 2.05) is 0 Å². The average molecular weight is 423 g/mol. The van der Waals surface area contributed by atoms with Crippen LogP contribution < -0.4 is 15.5 Å². The summed E-state index contributed by atoms with van der Waals surface area (Å²) in [6.07, 6.45) is 6.50. The number of anilines is 2. The van der Waals surface area contributed by atoms with Gasteiger partial charge in [0.25, 0.3) is 0 Å². The summed E-state index contributed by atoms with van der Waals surface area (Å²) in [5.74, 6) is 0.645. The van der Waals surface area contributed by atoms with E-state index in [1.54, 1.807) is 35.1 Å². The highest BCUT2D eigenvalue weighted by atomic mass is 19.1. The highest BCUT2D eigenvalue weighted by Gasteiger charge is 2.32. The quantitative estimate of drug-likeness (QED) is 0.656. The molecule has 1 aromatic carbocycles. The van der Waals surface area contributed by atoms with Gasteiger partial charge in [-0.2, -0.15) is 5.10 Å². The SMILES string of the molecule is C[C@@H]1CC(c2ccnc3c2CCN3C(=O)Nc2cc3cn(C)nc3cc2F)C[C@H](C)N1. The third kappa shape index (κ3) is 3.65. The van der Waals surface area contributed by atoms with Crippen molar-refractivity contribution in [3.63, 3.8) is 0 Å². The van der Waals surface area contributed by atoms with Crippen LogP contribution in [0.2, 0.25) is 0 Å². The Hall–Kier alpha value is -3.00. The fourth-order valence-electron chi connectivity index (χ4n) is 5.17. The minimum atomic E-state index is -0.502. The van der Waals surface area contributed by atoms with Crippen LogP contribution in [0.15, 0.2) is 30.6 Å². The van der Waals surface area contributed by atoms with Crippen molar-refractivity contribution in [2.45, 2.75) is 51.1 Å². The Bertz CT molecular complexity index is 1150. The van der Waals surface area contributed by atoms with Crippen molar-refractivity contribution >= 4 is 28.4 Å². The highest BCUT2D eigenvalue weighted by Crippen LogP contribution is 2.38. The summed E-state index contributed by atoms with van der Waals surface area (Å²) < 4.78 is 16.2. The largest absolute Gasteiger partial charge is 0.327 e. The monoisotopic (exact) mass is 422 g/mol. The molecule has 5 rings (SSSR count). The number of aromatic nitrogens is 3. The number of carbonyl (C=O) groups is 1. The van der Waals surface area contributed by atoms with E-state index >= 15 is 0 Å². The number of hydrogen-bond acceptors (Lipinski definition) is 4. The molecule has 2 aliphatic rings. The third-order valence-corrected chi connectivity index (χ3v) is 6.39. The molecule has 8 heteroatoms. The molecule has 0 spiro atoms. The van der Waals surface area contributed by atoms with Crippen molar-refractivity contribution in [2.75, 3.05) is 16.8 Å². The Morgan fingerprint density at radius 3 is 2.81 bits per heavy atom. The number of aryl methyl sites for hydroxylation is 1. The van der Waals surface area contributed by atoms with Gasteiger partial charge in [-0.3, -0.25) is 9.58 Å². The van der Waals surface area contributed by atoms with Gasteiger partial charge in [-0.1, -0.05) is 0 Å². The second-order valence-corrected chi connectivity index (χ2v) is 8.86. The van der Waals surface area contributed by atoms with Crippen LogP contribution in [0.3, 0.4) is 0 Å². The number of hydrogen-bond donors (Lipinski definition) is 2. The Kier molecular flexibility index (Phi) is 4.89. The first-order valence-electron chi connectivity index (χ1n) is 10.8. The van der Waals surface area contributed by atoms with Gasteiger partial charge in [-0.25, -0.2) is 14.2 Å². The molecule has 2 amide bonds. The molecule has 3 aromatic rings. The lowest BCUT2D eigenvalue weighted by Gasteiger charge is -2.34. The predicted octanol–water partition coefficient (Wildman–Crippen LogP) is 3.95. The molecule has 1 fully saturated rings. The number of benzene rings is 1. The summed E-state index contributed by atoms with van der Waals surface area (Å²) in [5, 5.41) is 11.3. The lowest BCUT2D eigenvalue weighted by atomic mass is 9.82. The van der Waals surface area contributed by atoms with E-state index in [0.717, 1.165) is 30.2 Å². The molecule has 4 heterocycles.